The van der Waals surface area contributed by atoms with Gasteiger partial charge >= 0.3 is 28.3 Å². The van der Waals surface area contributed by atoms with Crippen LogP contribution in [0.2, 0.25) is 0 Å². The number of allylic oxidation sites excluding steroid dienone is 2. The van der Waals surface area contributed by atoms with Gasteiger partial charge in [-0.05, 0) is 191 Å². The Morgan fingerprint density at radius 1 is 0.708 bits per heavy atom. The number of hydrogen-bond donors (Lipinski definition) is 7. The number of likely N-dealkylation sites (N-methyl/N-ethyl adjacent to an activating group) is 1. The number of Topliss-reactive ketones (excluding diaryl/α,β-unsaturated/α-hetero) is 1. The van der Waals surface area contributed by atoms with E-state index in [0.717, 1.165) is 64.2 Å². The number of unbranched alkanes of at least 4 members (excludes halogenated alkanes) is 9. The summed E-state index contributed by atoms with van der Waals surface area (Å²) in [6.45, 7) is 36.1. The maximum absolute atomic E-state index is 14.2. The van der Waals surface area contributed by atoms with Gasteiger partial charge in [0, 0.05) is 43.6 Å². The van der Waals surface area contributed by atoms with Crippen LogP contribution in [0, 0.1) is 73.9 Å². The maximum Gasteiger partial charge on any atom is 0.397 e. The first kappa shape index (κ1) is 91.8. The van der Waals surface area contributed by atoms with Crippen LogP contribution in [-0.2, 0) is 71.7 Å². The Morgan fingerprint density at radius 3 is 1.86 bits per heavy atom. The molecule has 4 saturated carbocycles. The number of aliphatic hydroxyl groups is 5. The van der Waals surface area contributed by atoms with Crippen molar-refractivity contribution < 1.29 is 105 Å². The summed E-state index contributed by atoms with van der Waals surface area (Å²) in [5, 5.41) is 67.5. The van der Waals surface area contributed by atoms with Crippen LogP contribution < -0.4 is 0 Å². The molecule has 27 atom stereocenters. The van der Waals surface area contributed by atoms with Crippen LogP contribution in [0.1, 0.15) is 286 Å². The highest BCUT2D eigenvalue weighted by molar-refractivity contribution is 7.80. The summed E-state index contributed by atoms with van der Waals surface area (Å²) < 4.78 is 76.6. The molecule has 3 saturated heterocycles. The molecule has 8 aliphatic rings. The fourth-order valence-electron chi connectivity index (χ4n) is 20.9. The van der Waals surface area contributed by atoms with Gasteiger partial charge in [-0.25, -0.2) is 4.18 Å². The van der Waals surface area contributed by atoms with Crippen molar-refractivity contribution in [3.05, 3.63) is 11.6 Å². The van der Waals surface area contributed by atoms with E-state index < -0.39 is 135 Å². The van der Waals surface area contributed by atoms with E-state index in [1.165, 1.54) is 78.4 Å². The molecule has 3 heterocycles. The summed E-state index contributed by atoms with van der Waals surface area (Å²) in [7, 11) is 0.973. The zero-order valence-electron chi connectivity index (χ0n) is 68.8. The van der Waals surface area contributed by atoms with Gasteiger partial charge in [0.1, 0.15) is 23.6 Å². The molecular weight excluding hydrogens is 1380 g/mol. The van der Waals surface area contributed by atoms with Crippen LogP contribution in [0.5, 0.6) is 0 Å². The largest absolute Gasteiger partial charge is 0.481 e. The molecule has 106 heavy (non-hydrogen) atoms. The zero-order chi connectivity index (χ0) is 80.1. The Labute approximate surface area is 636 Å². The first-order valence-electron chi connectivity index (χ1n) is 40.3. The standard InChI is InChI=1S/C40H71NO14.C30H46O4.C12H26O4S/c1-15-27-40(11,48)33(44)22(5)30(43)20(3)18-38(9,47)35(55-37-32(53-28(42)16-2)26(41(12)13)17-21(4)50-37)23(6)31(24(7)36(46)52-27)54-29-19-39(10,49-14)34(45)25(8)51-29;1-25(2)21-8-11-30(7)23(28(21,5)10-9-22(25)32)20(31)16-18-19-17-27(4,24(33)34)13-12-26(19,3)14-15-29(18,30)6;1-2-3-4-5-6-7-8-9-10-11-12-16-17(13,14)15/h20-27,29,31-35,37,44-45,47-48H,15-19H2,1-14H3;16,19,21-23,32H,8-15,17H2,1-7H3,(H,33,34);2-12H2,1H3,(H,13,14,15). The monoisotopic (exact) mass is 1530 g/mol. The number of carbonyl (C=O) groups is 5. The molecule has 0 aromatic rings. The molecule has 3 aliphatic heterocycles. The molecule has 23 nitrogen and oxygen atoms in total. The SMILES string of the molecule is CC1(C(=O)O)CCC2(C)CCC3(C)C(=CC(=O)C4C5(C)CCC(O)C(C)(C)C5CCC43C)C2C1.CCC(=O)OC1C(OC2C(C)C(OC3CC(C)(OC)C(O)C(C)O3)C(C)C(=O)OC(CC)C(C)(O)C(O)C(C)C(=O)C(C)CC2(C)O)OC(C)CC1N(C)C.CCCCCCCCCCCCOS(=O)(=O)O. The number of hydrogen-bond acceptors (Lipinski definition) is 21. The predicted molar refractivity (Wildman–Crippen MR) is 403 cm³/mol. The minimum Gasteiger partial charge on any atom is -0.481 e. The van der Waals surface area contributed by atoms with Crippen LogP contribution in [0.15, 0.2) is 11.6 Å². The van der Waals surface area contributed by atoms with Crippen molar-refractivity contribution in [3.8, 4) is 0 Å². The van der Waals surface area contributed by atoms with Crippen LogP contribution in [0.3, 0.4) is 0 Å². The minimum absolute atomic E-state index is 0.0296. The molecule has 27 unspecified atom stereocenters. The number of esters is 2. The first-order chi connectivity index (χ1) is 49.0. The van der Waals surface area contributed by atoms with E-state index >= 15 is 0 Å². The Balaban J connectivity index is 0.000000289. The van der Waals surface area contributed by atoms with Gasteiger partial charge in [0.2, 0.25) is 0 Å². The highest BCUT2D eigenvalue weighted by atomic mass is 32.3. The second-order valence-electron chi connectivity index (χ2n) is 36.7. The third-order valence-corrected chi connectivity index (χ3v) is 28.6. The van der Waals surface area contributed by atoms with Crippen molar-refractivity contribution in [2.45, 2.75) is 376 Å². The van der Waals surface area contributed by atoms with Crippen LogP contribution >= 0.6 is 0 Å². The normalized spacial score (nSPS) is 43.6. The lowest BCUT2D eigenvalue weighted by molar-refractivity contribution is -0.319. The number of nitrogens with zero attached hydrogens (tertiary/aromatic N) is 1. The highest BCUT2D eigenvalue weighted by Gasteiger charge is 2.70. The van der Waals surface area contributed by atoms with E-state index in [9.17, 15) is 63.0 Å². The third-order valence-electron chi connectivity index (χ3n) is 28.2. The second kappa shape index (κ2) is 36.4. The molecule has 0 spiro atoms. The lowest BCUT2D eigenvalue weighted by Gasteiger charge is -2.70. The topological polar surface area (TPSA) is 338 Å². The lowest BCUT2D eigenvalue weighted by Crippen LogP contribution is -2.66. The van der Waals surface area contributed by atoms with E-state index in [0.29, 0.717) is 25.2 Å². The summed E-state index contributed by atoms with van der Waals surface area (Å²) in [4.78, 5) is 69.3. The van der Waals surface area contributed by atoms with Gasteiger partial charge < -0.3 is 68.7 Å². The molecule has 0 aromatic carbocycles. The fraction of sp³-hybridized carbons (Fsp3) is 0.915. The summed E-state index contributed by atoms with van der Waals surface area (Å²) in [6, 6.07) is -0.319. The van der Waals surface area contributed by atoms with Crippen LogP contribution in [-0.4, -0.2) is 196 Å². The van der Waals surface area contributed by atoms with Crippen molar-refractivity contribution >= 4 is 39.9 Å². The predicted octanol–water partition coefficient (Wildman–Crippen LogP) is 12.9. The number of aliphatic hydroxyl groups excluding tert-OH is 3. The molecule has 0 amide bonds. The molecule has 0 aromatic heterocycles. The van der Waals surface area contributed by atoms with E-state index in [-0.39, 0.29) is 95.2 Å². The molecular formula is C82H143NO22S. The van der Waals surface area contributed by atoms with Crippen LogP contribution in [0.4, 0.5) is 0 Å². The fourth-order valence-corrected chi connectivity index (χ4v) is 21.2. The van der Waals surface area contributed by atoms with Gasteiger partial charge in [-0.3, -0.25) is 28.5 Å². The van der Waals surface area contributed by atoms with Crippen molar-refractivity contribution in [2.75, 3.05) is 27.8 Å². The van der Waals surface area contributed by atoms with Crippen molar-refractivity contribution in [1.29, 1.82) is 0 Å². The lowest BCUT2D eigenvalue weighted by atomic mass is 9.33. The van der Waals surface area contributed by atoms with Crippen molar-refractivity contribution in [2.24, 2.45) is 73.9 Å². The number of carboxylic acids is 1. The number of cyclic esters (lactones) is 1. The van der Waals surface area contributed by atoms with E-state index in [4.69, 9.17) is 37.7 Å². The van der Waals surface area contributed by atoms with Gasteiger partial charge in [0.25, 0.3) is 0 Å². The van der Waals surface area contributed by atoms with Gasteiger partial charge in [0.15, 0.2) is 24.5 Å². The van der Waals surface area contributed by atoms with Gasteiger partial charge in [-0.1, -0.05) is 146 Å². The van der Waals surface area contributed by atoms with Crippen molar-refractivity contribution in [1.82, 2.24) is 4.90 Å². The molecule has 5 aliphatic carbocycles. The number of carbonyl (C=O) groups excluding carboxylic acids is 4. The smallest absolute Gasteiger partial charge is 0.397 e. The average molecular weight is 1530 g/mol. The Bertz CT molecular complexity index is 3090. The van der Waals surface area contributed by atoms with Gasteiger partial charge in [-0.15, -0.1) is 0 Å². The molecule has 8 rings (SSSR count). The van der Waals surface area contributed by atoms with Gasteiger partial charge in [0.05, 0.1) is 71.8 Å². The summed E-state index contributed by atoms with van der Waals surface area (Å²) >= 11 is 0. The molecule has 24 heteroatoms. The van der Waals surface area contributed by atoms with E-state index in [1.54, 1.807) is 48.5 Å². The van der Waals surface area contributed by atoms with E-state index in [2.05, 4.69) is 52.6 Å². The molecule has 7 fully saturated rings. The summed E-state index contributed by atoms with van der Waals surface area (Å²) in [5.41, 5.74) is -4.78. The van der Waals surface area contributed by atoms with Gasteiger partial charge in [-0.2, -0.15) is 8.42 Å². The number of carboxylic acid groups (broad SMARTS) is 1. The molecule has 0 bridgehead atoms. The summed E-state index contributed by atoms with van der Waals surface area (Å²) in [6.07, 6.45) is 12.1. The zero-order valence-corrected chi connectivity index (χ0v) is 69.7. The van der Waals surface area contributed by atoms with Crippen LogP contribution in [0.25, 0.3) is 0 Å². The highest BCUT2D eigenvalue weighted by Crippen LogP contribution is 2.75. The minimum atomic E-state index is -4.23. The Kier molecular flexibility index (Phi) is 31.5. The average Bonchev–Trinajstić information content (AvgIpc) is 0.673. The number of aliphatic carboxylic acids is 1. The molecule has 0 radical (unpaired) electrons. The quantitative estimate of drug-likeness (QED) is 0.0301. The van der Waals surface area contributed by atoms with Crippen molar-refractivity contribution in [3.63, 3.8) is 0 Å². The maximum atomic E-state index is 14.2. The molecule has 7 N–H and O–H groups in total. The second-order valence-corrected chi connectivity index (χ2v) is 37.7. The first-order valence-corrected chi connectivity index (χ1v) is 41.7. The number of fused-ring (bicyclic) bond motifs is 7. The van der Waals surface area contributed by atoms with E-state index in [1.807, 2.05) is 38.9 Å². The summed E-state index contributed by atoms with van der Waals surface area (Å²) in [5.74, 6) is -5.53. The number of rotatable bonds is 22. The Hall–Kier alpha value is -3.08. The molecule has 614 valence electrons. The number of ketones is 2. The number of methoxy groups -OCH3 is 1. The Morgan fingerprint density at radius 2 is 1.30 bits per heavy atom. The number of ether oxygens (including phenoxy) is 7. The third kappa shape index (κ3) is 20.1.